The minimum absolute atomic E-state index is 0.0477. The normalized spacial score (nSPS) is 14.9. The number of rotatable bonds is 7. The maximum Gasteiger partial charge on any atom is 0.224 e. The first-order chi connectivity index (χ1) is 18.6. The van der Waals surface area contributed by atoms with Crippen molar-refractivity contribution in [3.63, 3.8) is 0 Å². The summed E-state index contributed by atoms with van der Waals surface area (Å²) in [6.45, 7) is 1.92. The number of nitrogens with zero attached hydrogens (tertiary/aromatic N) is 5. The Morgan fingerprint density at radius 1 is 0.921 bits per heavy atom. The molecule has 0 saturated carbocycles. The molecular formula is C29H29N7O2. The molecule has 0 amide bonds. The third-order valence-corrected chi connectivity index (χ3v) is 6.90. The lowest BCUT2D eigenvalue weighted by Gasteiger charge is -2.36. The third-order valence-electron chi connectivity index (χ3n) is 6.90. The Morgan fingerprint density at radius 3 is 2.58 bits per heavy atom. The van der Waals surface area contributed by atoms with E-state index in [4.69, 9.17) is 20.9 Å². The second-order valence-corrected chi connectivity index (χ2v) is 9.42. The van der Waals surface area contributed by atoms with Crippen LogP contribution in [0.15, 0.2) is 79.0 Å². The number of anilines is 3. The average Bonchev–Trinajstić information content (AvgIpc) is 3.37. The highest BCUT2D eigenvalue weighted by Crippen LogP contribution is 2.36. The van der Waals surface area contributed by atoms with Gasteiger partial charge in [0.15, 0.2) is 17.1 Å². The first kappa shape index (κ1) is 23.6. The number of hydrogen-bond donors (Lipinski definition) is 2. The molecule has 9 nitrogen and oxygen atoms in total. The topological polar surface area (TPSA) is 117 Å². The van der Waals surface area contributed by atoms with E-state index in [0.717, 1.165) is 29.8 Å². The molecule has 3 heterocycles. The van der Waals surface area contributed by atoms with E-state index >= 15 is 0 Å². The summed E-state index contributed by atoms with van der Waals surface area (Å²) in [6.07, 6.45) is 2.54. The number of hydrogen-bond acceptors (Lipinski definition) is 8. The minimum atomic E-state index is 0.0477. The smallest absolute Gasteiger partial charge is 0.224 e. The van der Waals surface area contributed by atoms with Gasteiger partial charge in [-0.15, -0.1) is 0 Å². The van der Waals surface area contributed by atoms with Crippen molar-refractivity contribution in [3.05, 3.63) is 95.7 Å². The average molecular weight is 508 g/mol. The van der Waals surface area contributed by atoms with Crippen LogP contribution in [-0.2, 0) is 19.6 Å². The van der Waals surface area contributed by atoms with E-state index < -0.39 is 0 Å². The lowest BCUT2D eigenvalue weighted by atomic mass is 9.97. The van der Waals surface area contributed by atoms with Crippen LogP contribution in [0.1, 0.15) is 22.7 Å². The predicted octanol–water partition coefficient (Wildman–Crippen LogP) is 4.38. The Bertz CT molecular complexity index is 1590. The van der Waals surface area contributed by atoms with E-state index in [9.17, 15) is 0 Å². The van der Waals surface area contributed by atoms with E-state index in [-0.39, 0.29) is 12.0 Å². The van der Waals surface area contributed by atoms with Gasteiger partial charge in [0, 0.05) is 18.8 Å². The van der Waals surface area contributed by atoms with Gasteiger partial charge in [-0.2, -0.15) is 15.1 Å². The van der Waals surface area contributed by atoms with Gasteiger partial charge in [0.25, 0.3) is 0 Å². The standard InChI is InChI=1S/C29H29N7O2/c1-37-26-13-20(11-12-25(26)38-18-19-7-3-2-4-8-19)16-35-17-22(14-21-9-5-6-10-24(21)35)36-28-23(15-32-36)27(30)33-29(31)34-28/h2-13,15,22H,14,16-18H2,1H3,(H4,30,31,33,34). The Kier molecular flexibility index (Phi) is 6.17. The van der Waals surface area contributed by atoms with Crippen LogP contribution >= 0.6 is 0 Å². The van der Waals surface area contributed by atoms with Crippen molar-refractivity contribution in [2.45, 2.75) is 25.6 Å². The third kappa shape index (κ3) is 4.54. The minimum Gasteiger partial charge on any atom is -0.493 e. The van der Waals surface area contributed by atoms with Gasteiger partial charge in [0.2, 0.25) is 5.95 Å². The van der Waals surface area contributed by atoms with Crippen LogP contribution in [0.2, 0.25) is 0 Å². The van der Waals surface area contributed by atoms with E-state index in [1.807, 2.05) is 47.1 Å². The lowest BCUT2D eigenvalue weighted by molar-refractivity contribution is 0.284. The molecule has 9 heteroatoms. The van der Waals surface area contributed by atoms with Crippen molar-refractivity contribution in [3.8, 4) is 11.5 Å². The Balaban J connectivity index is 1.27. The number of aromatic nitrogens is 4. The van der Waals surface area contributed by atoms with Crippen molar-refractivity contribution in [1.82, 2.24) is 19.7 Å². The predicted molar refractivity (Wildman–Crippen MR) is 148 cm³/mol. The first-order valence-corrected chi connectivity index (χ1v) is 12.5. The zero-order valence-electron chi connectivity index (χ0n) is 21.1. The highest BCUT2D eigenvalue weighted by atomic mass is 16.5. The summed E-state index contributed by atoms with van der Waals surface area (Å²) in [7, 11) is 1.67. The summed E-state index contributed by atoms with van der Waals surface area (Å²) in [4.78, 5) is 10.9. The molecule has 1 aliphatic heterocycles. The molecule has 0 bridgehead atoms. The van der Waals surface area contributed by atoms with Crippen molar-refractivity contribution in [2.75, 3.05) is 30.0 Å². The summed E-state index contributed by atoms with van der Waals surface area (Å²) in [5, 5.41) is 5.34. The number of fused-ring (bicyclic) bond motifs is 2. The Morgan fingerprint density at radius 2 is 1.74 bits per heavy atom. The molecule has 0 spiro atoms. The van der Waals surface area contributed by atoms with Crippen molar-refractivity contribution >= 4 is 28.5 Å². The van der Waals surface area contributed by atoms with Crippen LogP contribution in [0, 0.1) is 0 Å². The van der Waals surface area contributed by atoms with Gasteiger partial charge in [-0.25, -0.2) is 4.68 Å². The van der Waals surface area contributed by atoms with Crippen molar-refractivity contribution < 1.29 is 9.47 Å². The van der Waals surface area contributed by atoms with Crippen LogP contribution in [0.3, 0.4) is 0 Å². The van der Waals surface area contributed by atoms with E-state index in [1.165, 1.54) is 11.3 Å². The summed E-state index contributed by atoms with van der Waals surface area (Å²) in [5.74, 6) is 1.91. The zero-order chi connectivity index (χ0) is 26.1. The van der Waals surface area contributed by atoms with E-state index in [1.54, 1.807) is 13.3 Å². The summed E-state index contributed by atoms with van der Waals surface area (Å²) in [5.41, 5.74) is 17.3. The van der Waals surface area contributed by atoms with Gasteiger partial charge in [0.1, 0.15) is 12.4 Å². The molecule has 0 aliphatic carbocycles. The Hall–Kier alpha value is -4.79. The van der Waals surface area contributed by atoms with Gasteiger partial charge in [-0.1, -0.05) is 54.6 Å². The fourth-order valence-electron chi connectivity index (χ4n) is 5.09. The molecule has 0 fully saturated rings. The highest BCUT2D eigenvalue weighted by molar-refractivity contribution is 5.86. The number of nitrogens with two attached hydrogens (primary N) is 2. The van der Waals surface area contributed by atoms with Crippen molar-refractivity contribution in [2.24, 2.45) is 0 Å². The van der Waals surface area contributed by atoms with Crippen molar-refractivity contribution in [1.29, 1.82) is 0 Å². The Labute approximate surface area is 220 Å². The van der Waals surface area contributed by atoms with E-state index in [0.29, 0.717) is 35.8 Å². The zero-order valence-corrected chi connectivity index (χ0v) is 21.1. The highest BCUT2D eigenvalue weighted by Gasteiger charge is 2.28. The van der Waals surface area contributed by atoms with Crippen LogP contribution in [-0.4, -0.2) is 33.4 Å². The summed E-state index contributed by atoms with van der Waals surface area (Å²) >= 11 is 0. The molecular weight excluding hydrogens is 478 g/mol. The number of nitrogen functional groups attached to an aromatic ring is 2. The van der Waals surface area contributed by atoms with Crippen LogP contribution in [0.4, 0.5) is 17.5 Å². The molecule has 0 radical (unpaired) electrons. The molecule has 0 saturated heterocycles. The number of para-hydroxylation sites is 1. The first-order valence-electron chi connectivity index (χ1n) is 12.5. The number of ether oxygens (including phenoxy) is 2. The van der Waals surface area contributed by atoms with Gasteiger partial charge >= 0.3 is 0 Å². The second kappa shape index (κ2) is 9.93. The number of benzene rings is 3. The molecule has 1 unspecified atom stereocenters. The van der Waals surface area contributed by atoms with Crippen LogP contribution in [0.5, 0.6) is 11.5 Å². The summed E-state index contributed by atoms with van der Waals surface area (Å²) in [6, 6.07) is 24.7. The fourth-order valence-corrected chi connectivity index (χ4v) is 5.09. The van der Waals surface area contributed by atoms with Gasteiger partial charge in [-0.05, 0) is 41.3 Å². The fraction of sp³-hybridized carbons (Fsp3) is 0.207. The van der Waals surface area contributed by atoms with Gasteiger partial charge in [0.05, 0.1) is 24.7 Å². The maximum absolute atomic E-state index is 6.08. The monoisotopic (exact) mass is 507 g/mol. The summed E-state index contributed by atoms with van der Waals surface area (Å²) < 4.78 is 13.7. The number of methoxy groups -OCH3 is 1. The molecule has 6 rings (SSSR count). The SMILES string of the molecule is COc1cc(CN2CC(n3ncc4c(N)nc(N)nc43)Cc3ccccc32)ccc1OCc1ccccc1. The lowest BCUT2D eigenvalue weighted by Crippen LogP contribution is -2.36. The van der Waals surface area contributed by atoms with Gasteiger partial charge in [-0.3, -0.25) is 0 Å². The molecule has 1 aliphatic rings. The molecule has 4 N–H and O–H groups in total. The van der Waals surface area contributed by atoms with Crippen LogP contribution < -0.4 is 25.8 Å². The second-order valence-electron chi connectivity index (χ2n) is 9.42. The molecule has 1 atom stereocenters. The quantitative estimate of drug-likeness (QED) is 0.333. The largest absolute Gasteiger partial charge is 0.493 e. The molecule has 3 aromatic carbocycles. The van der Waals surface area contributed by atoms with Gasteiger partial charge < -0.3 is 25.8 Å². The van der Waals surface area contributed by atoms with E-state index in [2.05, 4.69) is 50.3 Å². The van der Waals surface area contributed by atoms with Crippen LogP contribution in [0.25, 0.3) is 11.0 Å². The maximum atomic E-state index is 6.08. The molecule has 38 heavy (non-hydrogen) atoms. The molecule has 192 valence electrons. The molecule has 5 aromatic rings. The molecule has 2 aromatic heterocycles.